The Labute approximate surface area is 86.0 Å². The van der Waals surface area contributed by atoms with E-state index in [9.17, 15) is 0 Å². The van der Waals surface area contributed by atoms with Crippen molar-refractivity contribution in [2.24, 2.45) is 0 Å². The van der Waals surface area contributed by atoms with Crippen molar-refractivity contribution in [2.75, 3.05) is 17.6 Å². The average molecular weight is 195 g/mol. The molecule has 0 aliphatic heterocycles. The number of hydrogen-bond acceptors (Lipinski definition) is 2. The van der Waals surface area contributed by atoms with E-state index in [0.717, 1.165) is 12.3 Å². The zero-order chi connectivity index (χ0) is 9.84. The highest BCUT2D eigenvalue weighted by molar-refractivity contribution is 7.80. The number of nitrogens with one attached hydrogen (secondary N) is 1. The van der Waals surface area contributed by atoms with Gasteiger partial charge in [0.1, 0.15) is 0 Å². The van der Waals surface area contributed by atoms with Gasteiger partial charge >= 0.3 is 0 Å². The molecule has 0 radical (unpaired) electrons. The molecule has 0 spiro atoms. The summed E-state index contributed by atoms with van der Waals surface area (Å²) in [7, 11) is 0. The highest BCUT2D eigenvalue weighted by atomic mass is 32.1. The normalized spacial score (nSPS) is 10.2. The van der Waals surface area contributed by atoms with E-state index in [2.05, 4.69) is 50.8 Å². The van der Waals surface area contributed by atoms with Gasteiger partial charge in [-0.15, -0.1) is 0 Å². The van der Waals surface area contributed by atoms with Crippen LogP contribution in [-0.4, -0.2) is 12.3 Å². The lowest BCUT2D eigenvalue weighted by Crippen LogP contribution is -2.04. The zero-order valence-electron chi connectivity index (χ0n) is 8.52. The van der Waals surface area contributed by atoms with Crippen LogP contribution in [0, 0.1) is 20.8 Å². The Balaban J connectivity index is 2.88. The second-order valence-electron chi connectivity index (χ2n) is 3.40. The molecule has 0 heterocycles. The quantitative estimate of drug-likeness (QED) is 0.707. The van der Waals surface area contributed by atoms with E-state index in [-0.39, 0.29) is 0 Å². The summed E-state index contributed by atoms with van der Waals surface area (Å²) in [5.41, 5.74) is 5.24. The summed E-state index contributed by atoms with van der Waals surface area (Å²) in [6.07, 6.45) is 0. The topological polar surface area (TPSA) is 12.0 Å². The monoisotopic (exact) mass is 195 g/mol. The van der Waals surface area contributed by atoms with Gasteiger partial charge in [0.2, 0.25) is 0 Å². The lowest BCUT2D eigenvalue weighted by atomic mass is 10.1. The first-order chi connectivity index (χ1) is 6.15. The highest BCUT2D eigenvalue weighted by Crippen LogP contribution is 2.19. The van der Waals surface area contributed by atoms with Crippen LogP contribution in [0.2, 0.25) is 0 Å². The van der Waals surface area contributed by atoms with E-state index in [4.69, 9.17) is 0 Å². The lowest BCUT2D eigenvalue weighted by Gasteiger charge is -2.11. The predicted molar refractivity (Wildman–Crippen MR) is 63.0 cm³/mol. The molecule has 0 amide bonds. The first-order valence-corrected chi connectivity index (χ1v) is 5.21. The van der Waals surface area contributed by atoms with Crippen molar-refractivity contribution < 1.29 is 0 Å². The molecule has 1 aromatic rings. The summed E-state index contributed by atoms with van der Waals surface area (Å²) in [6.45, 7) is 7.34. The van der Waals surface area contributed by atoms with Crippen LogP contribution < -0.4 is 5.32 Å². The Bertz CT molecular complexity index is 294. The van der Waals surface area contributed by atoms with Crippen molar-refractivity contribution in [2.45, 2.75) is 20.8 Å². The minimum Gasteiger partial charge on any atom is -0.384 e. The molecule has 1 rings (SSSR count). The van der Waals surface area contributed by atoms with Crippen molar-refractivity contribution in [3.63, 3.8) is 0 Å². The molecule has 0 saturated heterocycles. The maximum Gasteiger partial charge on any atom is 0.0373 e. The zero-order valence-corrected chi connectivity index (χ0v) is 9.41. The van der Waals surface area contributed by atoms with Crippen molar-refractivity contribution in [1.29, 1.82) is 0 Å². The fraction of sp³-hybridized carbons (Fsp3) is 0.455. The van der Waals surface area contributed by atoms with Crippen LogP contribution in [-0.2, 0) is 0 Å². The van der Waals surface area contributed by atoms with Gasteiger partial charge in [0.15, 0.2) is 0 Å². The molecule has 72 valence electrons. The average Bonchev–Trinajstić information content (AvgIpc) is 2.09. The van der Waals surface area contributed by atoms with Crippen LogP contribution in [0.1, 0.15) is 16.7 Å². The number of anilines is 1. The molecule has 0 fully saturated rings. The Kier molecular flexibility index (Phi) is 3.67. The fourth-order valence-electron chi connectivity index (χ4n) is 1.34. The third-order valence-corrected chi connectivity index (χ3v) is 2.49. The van der Waals surface area contributed by atoms with E-state index in [1.165, 1.54) is 22.4 Å². The molecule has 1 aromatic carbocycles. The van der Waals surface area contributed by atoms with E-state index in [0.29, 0.717) is 0 Å². The standard InChI is InChI=1S/C11H17NS/c1-8-6-10(3)11(7-9(8)2)12-4-5-13/h6-7,12-13H,4-5H2,1-3H3. The summed E-state index contributed by atoms with van der Waals surface area (Å²) in [6, 6.07) is 4.42. The molecule has 0 aliphatic carbocycles. The van der Waals surface area contributed by atoms with Crippen molar-refractivity contribution >= 4 is 18.3 Å². The van der Waals surface area contributed by atoms with Crippen molar-refractivity contribution in [1.82, 2.24) is 0 Å². The van der Waals surface area contributed by atoms with E-state index in [1.54, 1.807) is 0 Å². The molecule has 0 atom stereocenters. The Morgan fingerprint density at radius 2 is 1.69 bits per heavy atom. The van der Waals surface area contributed by atoms with Crippen molar-refractivity contribution in [3.8, 4) is 0 Å². The summed E-state index contributed by atoms with van der Waals surface area (Å²) in [5.74, 6) is 0.867. The molecular formula is C11H17NS. The highest BCUT2D eigenvalue weighted by Gasteiger charge is 1.99. The first kappa shape index (κ1) is 10.5. The molecular weight excluding hydrogens is 178 g/mol. The number of aryl methyl sites for hydroxylation is 3. The van der Waals surface area contributed by atoms with Gasteiger partial charge in [-0.3, -0.25) is 0 Å². The fourth-order valence-corrected chi connectivity index (χ4v) is 1.45. The lowest BCUT2D eigenvalue weighted by molar-refractivity contribution is 1.20. The van der Waals surface area contributed by atoms with Crippen LogP contribution >= 0.6 is 12.6 Å². The Morgan fingerprint density at radius 1 is 1.08 bits per heavy atom. The third kappa shape index (κ3) is 2.66. The van der Waals surface area contributed by atoms with Gasteiger partial charge in [-0.2, -0.15) is 12.6 Å². The maximum atomic E-state index is 4.17. The molecule has 1 nitrogen and oxygen atoms in total. The van der Waals surface area contributed by atoms with Crippen LogP contribution in [0.15, 0.2) is 12.1 Å². The van der Waals surface area contributed by atoms with Crippen LogP contribution in [0.4, 0.5) is 5.69 Å². The number of hydrogen-bond donors (Lipinski definition) is 2. The summed E-state index contributed by atoms with van der Waals surface area (Å²) >= 11 is 4.17. The molecule has 0 saturated carbocycles. The maximum absolute atomic E-state index is 4.17. The molecule has 13 heavy (non-hydrogen) atoms. The predicted octanol–water partition coefficient (Wildman–Crippen LogP) is 2.95. The van der Waals surface area contributed by atoms with Gasteiger partial charge in [-0.1, -0.05) is 6.07 Å². The van der Waals surface area contributed by atoms with Crippen LogP contribution in [0.25, 0.3) is 0 Å². The van der Waals surface area contributed by atoms with Gasteiger partial charge in [0.05, 0.1) is 0 Å². The van der Waals surface area contributed by atoms with E-state index in [1.807, 2.05) is 0 Å². The second-order valence-corrected chi connectivity index (χ2v) is 3.85. The third-order valence-electron chi connectivity index (χ3n) is 2.27. The first-order valence-electron chi connectivity index (χ1n) is 4.57. The van der Waals surface area contributed by atoms with Crippen LogP contribution in [0.3, 0.4) is 0 Å². The number of benzene rings is 1. The van der Waals surface area contributed by atoms with Crippen molar-refractivity contribution in [3.05, 3.63) is 28.8 Å². The molecule has 0 bridgehead atoms. The largest absolute Gasteiger partial charge is 0.384 e. The SMILES string of the molecule is Cc1cc(C)c(NCCS)cc1C. The molecule has 2 heteroatoms. The van der Waals surface area contributed by atoms with E-state index >= 15 is 0 Å². The summed E-state index contributed by atoms with van der Waals surface area (Å²) in [5, 5.41) is 3.35. The van der Waals surface area contributed by atoms with E-state index < -0.39 is 0 Å². The van der Waals surface area contributed by atoms with Gasteiger partial charge < -0.3 is 5.32 Å². The molecule has 0 aromatic heterocycles. The number of thiol groups is 1. The summed E-state index contributed by atoms with van der Waals surface area (Å²) < 4.78 is 0. The molecule has 1 N–H and O–H groups in total. The Hall–Kier alpha value is -0.630. The minimum atomic E-state index is 0.867. The van der Waals surface area contributed by atoms with Crippen LogP contribution in [0.5, 0.6) is 0 Å². The van der Waals surface area contributed by atoms with Gasteiger partial charge in [0, 0.05) is 18.0 Å². The van der Waals surface area contributed by atoms with Gasteiger partial charge in [-0.05, 0) is 43.5 Å². The van der Waals surface area contributed by atoms with Gasteiger partial charge in [0.25, 0.3) is 0 Å². The minimum absolute atomic E-state index is 0.867. The summed E-state index contributed by atoms with van der Waals surface area (Å²) in [4.78, 5) is 0. The second kappa shape index (κ2) is 4.56. The smallest absolute Gasteiger partial charge is 0.0373 e. The Morgan fingerprint density at radius 3 is 2.31 bits per heavy atom. The number of rotatable bonds is 3. The molecule has 0 aliphatic rings. The van der Waals surface area contributed by atoms with Gasteiger partial charge in [-0.25, -0.2) is 0 Å². The molecule has 0 unspecified atom stereocenters.